The molecule has 0 spiro atoms. The summed E-state index contributed by atoms with van der Waals surface area (Å²) in [7, 11) is 2.78. The molecule has 0 aromatic heterocycles. The molecule has 0 radical (unpaired) electrons. The van der Waals surface area contributed by atoms with E-state index in [4.69, 9.17) is 9.47 Å². The summed E-state index contributed by atoms with van der Waals surface area (Å²) in [6.45, 7) is 1.80. The lowest BCUT2D eigenvalue weighted by atomic mass is 9.94. The van der Waals surface area contributed by atoms with Crippen LogP contribution in [0.25, 0.3) is 6.08 Å². The Kier molecular flexibility index (Phi) is 5.54. The Morgan fingerprint density at radius 1 is 1.22 bits per heavy atom. The van der Waals surface area contributed by atoms with E-state index in [2.05, 4.69) is 0 Å². The summed E-state index contributed by atoms with van der Waals surface area (Å²) >= 11 is 0. The number of aromatic hydroxyl groups is 1. The molecule has 1 N–H and O–H groups in total. The van der Waals surface area contributed by atoms with Crippen LogP contribution in [-0.2, 0) is 14.3 Å². The van der Waals surface area contributed by atoms with Crippen molar-refractivity contribution in [3.8, 4) is 11.5 Å². The lowest BCUT2D eigenvalue weighted by molar-refractivity contribution is -0.136. The van der Waals surface area contributed by atoms with Crippen LogP contribution in [0.4, 0.5) is 0 Å². The fraction of sp³-hybridized carbons (Fsp3) is 0.429. The van der Waals surface area contributed by atoms with Gasteiger partial charge in [-0.3, -0.25) is 4.79 Å². The third-order valence-electron chi connectivity index (χ3n) is 5.29. The lowest BCUT2D eigenvalue weighted by Gasteiger charge is -2.32. The molecule has 1 aromatic rings. The maximum Gasteiger partial charge on any atom is 0.340 e. The molecule has 0 atom stereocenters. The first-order valence-corrected chi connectivity index (χ1v) is 9.19. The molecule has 0 bridgehead atoms. The number of methoxy groups -OCH3 is 2. The normalized spacial score (nSPS) is 19.7. The largest absolute Gasteiger partial charge is 0.504 e. The number of nitrogens with zero attached hydrogens (tertiary/aromatic N) is 1. The maximum atomic E-state index is 13.2. The van der Waals surface area contributed by atoms with Gasteiger partial charge in [0.15, 0.2) is 11.5 Å². The van der Waals surface area contributed by atoms with Crippen LogP contribution in [0.5, 0.6) is 11.5 Å². The second-order valence-electron chi connectivity index (χ2n) is 6.91. The van der Waals surface area contributed by atoms with Crippen LogP contribution in [0.1, 0.15) is 44.6 Å². The second-order valence-corrected chi connectivity index (χ2v) is 6.91. The molecule has 0 saturated heterocycles. The van der Waals surface area contributed by atoms with Gasteiger partial charge in [0.1, 0.15) is 0 Å². The summed E-state index contributed by atoms with van der Waals surface area (Å²) in [5.41, 5.74) is 1.93. The molecular formula is C21H25NO5. The summed E-state index contributed by atoms with van der Waals surface area (Å²) in [5, 5.41) is 9.78. The van der Waals surface area contributed by atoms with Crippen LogP contribution >= 0.6 is 0 Å². The van der Waals surface area contributed by atoms with Gasteiger partial charge in [-0.25, -0.2) is 4.79 Å². The van der Waals surface area contributed by atoms with E-state index in [-0.39, 0.29) is 17.7 Å². The zero-order valence-corrected chi connectivity index (χ0v) is 15.9. The van der Waals surface area contributed by atoms with E-state index in [0.29, 0.717) is 28.2 Å². The number of phenols is 1. The highest BCUT2D eigenvalue weighted by Crippen LogP contribution is 2.37. The van der Waals surface area contributed by atoms with Crippen molar-refractivity contribution >= 4 is 18.0 Å². The number of esters is 1. The SMILES string of the molecule is COC(=O)C1=C(C)N(C2CCCCC2)C(=O)/C1=C\c1ccc(O)c(OC)c1. The Balaban J connectivity index is 2.04. The smallest absolute Gasteiger partial charge is 0.340 e. The average molecular weight is 371 g/mol. The topological polar surface area (TPSA) is 76.1 Å². The quantitative estimate of drug-likeness (QED) is 0.648. The van der Waals surface area contributed by atoms with Crippen LogP contribution in [0.15, 0.2) is 35.0 Å². The molecule has 144 valence electrons. The minimum absolute atomic E-state index is 0.0149. The van der Waals surface area contributed by atoms with Crippen LogP contribution in [0.3, 0.4) is 0 Å². The molecule has 2 aliphatic rings. The van der Waals surface area contributed by atoms with E-state index in [0.717, 1.165) is 25.7 Å². The fourth-order valence-electron chi connectivity index (χ4n) is 3.93. The van der Waals surface area contributed by atoms with Gasteiger partial charge in [-0.05, 0) is 43.5 Å². The Morgan fingerprint density at radius 3 is 2.56 bits per heavy atom. The van der Waals surface area contributed by atoms with Crippen molar-refractivity contribution in [1.82, 2.24) is 4.90 Å². The van der Waals surface area contributed by atoms with Gasteiger partial charge in [0.2, 0.25) is 0 Å². The molecule has 6 heteroatoms. The first-order chi connectivity index (χ1) is 13.0. The van der Waals surface area contributed by atoms with E-state index >= 15 is 0 Å². The molecule has 1 aliphatic heterocycles. The van der Waals surface area contributed by atoms with Crippen molar-refractivity contribution < 1.29 is 24.2 Å². The summed E-state index contributed by atoms with van der Waals surface area (Å²) in [5.74, 6) is -0.372. The predicted octanol–water partition coefficient (Wildman–Crippen LogP) is 3.41. The Bertz CT molecular complexity index is 818. The molecule has 6 nitrogen and oxygen atoms in total. The minimum Gasteiger partial charge on any atom is -0.504 e. The summed E-state index contributed by atoms with van der Waals surface area (Å²) < 4.78 is 10.1. The highest BCUT2D eigenvalue weighted by molar-refractivity contribution is 6.16. The monoisotopic (exact) mass is 371 g/mol. The minimum atomic E-state index is -0.517. The molecular weight excluding hydrogens is 346 g/mol. The highest BCUT2D eigenvalue weighted by atomic mass is 16.5. The standard InChI is InChI=1S/C21H25NO5/c1-13-19(21(25)27-3)16(11-14-9-10-17(23)18(12-14)26-2)20(24)22(13)15-7-5-4-6-8-15/h9-12,15,23H,4-8H2,1-3H3/b16-11-. The number of amides is 1. The molecule has 1 amide bonds. The molecule has 1 aliphatic carbocycles. The lowest BCUT2D eigenvalue weighted by Crippen LogP contribution is -2.37. The number of hydrogen-bond donors (Lipinski definition) is 1. The Morgan fingerprint density at radius 2 is 1.93 bits per heavy atom. The van der Waals surface area contributed by atoms with Crippen molar-refractivity contribution in [2.45, 2.75) is 45.1 Å². The van der Waals surface area contributed by atoms with E-state index in [1.54, 1.807) is 30.0 Å². The number of carbonyl (C=O) groups is 2. The molecule has 27 heavy (non-hydrogen) atoms. The molecule has 1 aromatic carbocycles. The summed E-state index contributed by atoms with van der Waals surface area (Å²) in [6.07, 6.45) is 6.90. The highest BCUT2D eigenvalue weighted by Gasteiger charge is 2.40. The predicted molar refractivity (Wildman–Crippen MR) is 101 cm³/mol. The zero-order chi connectivity index (χ0) is 19.6. The second kappa shape index (κ2) is 7.86. The van der Waals surface area contributed by atoms with E-state index in [1.165, 1.54) is 26.7 Å². The van der Waals surface area contributed by atoms with Crippen molar-refractivity contribution in [2.24, 2.45) is 0 Å². The first kappa shape index (κ1) is 19.0. The van der Waals surface area contributed by atoms with Gasteiger partial charge in [0, 0.05) is 11.7 Å². The molecule has 1 saturated carbocycles. The number of carbonyl (C=O) groups excluding carboxylic acids is 2. The van der Waals surface area contributed by atoms with Gasteiger partial charge in [-0.15, -0.1) is 0 Å². The fourth-order valence-corrected chi connectivity index (χ4v) is 3.93. The van der Waals surface area contributed by atoms with E-state index in [9.17, 15) is 14.7 Å². The van der Waals surface area contributed by atoms with Gasteiger partial charge in [0.25, 0.3) is 5.91 Å². The third-order valence-corrected chi connectivity index (χ3v) is 5.29. The van der Waals surface area contributed by atoms with Gasteiger partial charge < -0.3 is 19.5 Å². The van der Waals surface area contributed by atoms with Crippen molar-refractivity contribution in [2.75, 3.05) is 14.2 Å². The van der Waals surface area contributed by atoms with Crippen molar-refractivity contribution in [3.05, 3.63) is 40.6 Å². The molecule has 1 heterocycles. The number of rotatable bonds is 4. The summed E-state index contributed by atoms with van der Waals surface area (Å²) in [4.78, 5) is 27.4. The van der Waals surface area contributed by atoms with Gasteiger partial charge in [0.05, 0.1) is 25.4 Å². The Labute approximate surface area is 159 Å². The van der Waals surface area contributed by atoms with Crippen LogP contribution < -0.4 is 4.74 Å². The molecule has 1 fully saturated rings. The van der Waals surface area contributed by atoms with Gasteiger partial charge in [-0.1, -0.05) is 25.3 Å². The van der Waals surface area contributed by atoms with Crippen LogP contribution in [0, 0.1) is 0 Å². The molecule has 0 unspecified atom stereocenters. The zero-order valence-electron chi connectivity index (χ0n) is 15.9. The average Bonchev–Trinajstić information content (AvgIpc) is 2.93. The van der Waals surface area contributed by atoms with Crippen LogP contribution in [0.2, 0.25) is 0 Å². The number of ether oxygens (including phenoxy) is 2. The van der Waals surface area contributed by atoms with Crippen molar-refractivity contribution in [1.29, 1.82) is 0 Å². The van der Waals surface area contributed by atoms with E-state index in [1.807, 2.05) is 0 Å². The van der Waals surface area contributed by atoms with E-state index < -0.39 is 5.97 Å². The number of allylic oxidation sites excluding steroid dienone is 1. The number of phenolic OH excluding ortho intramolecular Hbond substituents is 1. The molecule has 3 rings (SSSR count). The number of hydrogen-bond acceptors (Lipinski definition) is 5. The van der Waals surface area contributed by atoms with Crippen LogP contribution in [-0.4, -0.2) is 42.1 Å². The first-order valence-electron chi connectivity index (χ1n) is 9.19. The van der Waals surface area contributed by atoms with Crippen molar-refractivity contribution in [3.63, 3.8) is 0 Å². The Hall–Kier alpha value is -2.76. The number of benzene rings is 1. The van der Waals surface area contributed by atoms with Gasteiger partial charge in [-0.2, -0.15) is 0 Å². The third kappa shape index (κ3) is 3.56. The summed E-state index contributed by atoms with van der Waals surface area (Å²) in [6, 6.07) is 4.92. The van der Waals surface area contributed by atoms with Gasteiger partial charge >= 0.3 is 5.97 Å². The maximum absolute atomic E-state index is 13.2.